The molecule has 1 amide bonds. The van der Waals surface area contributed by atoms with Gasteiger partial charge in [0.2, 0.25) is 0 Å². The fourth-order valence-electron chi connectivity index (χ4n) is 2.06. The number of para-hydroxylation sites is 1. The van der Waals surface area contributed by atoms with Crippen LogP contribution in [-0.2, 0) is 0 Å². The summed E-state index contributed by atoms with van der Waals surface area (Å²) in [6.07, 6.45) is 1.97. The van der Waals surface area contributed by atoms with Crippen LogP contribution in [0.25, 0.3) is 0 Å². The zero-order valence-electron chi connectivity index (χ0n) is 10.0. The molecule has 1 aromatic rings. The summed E-state index contributed by atoms with van der Waals surface area (Å²) in [4.78, 5) is 12.1. The fraction of sp³-hybridized carbons (Fsp3) is 0.462. The van der Waals surface area contributed by atoms with Crippen LogP contribution < -0.4 is 15.4 Å². The van der Waals surface area contributed by atoms with Crippen LogP contribution in [0.3, 0.4) is 0 Å². The average Bonchev–Trinajstić information content (AvgIpc) is 2.40. The van der Waals surface area contributed by atoms with E-state index in [4.69, 9.17) is 4.74 Å². The average molecular weight is 236 g/mol. The molecule has 0 aromatic heterocycles. The third kappa shape index (κ3) is 2.97. The van der Waals surface area contributed by atoms with Crippen LogP contribution in [0.2, 0.25) is 0 Å². The minimum absolute atomic E-state index is 0. The topological polar surface area (TPSA) is 50.4 Å². The minimum Gasteiger partial charge on any atom is -0.496 e. The maximum Gasteiger partial charge on any atom is 0.255 e. The minimum atomic E-state index is -0.0469. The molecule has 17 heavy (non-hydrogen) atoms. The standard InChI is InChI=1S/C13H18N2O2.H2/c1-17-12-5-3-2-4-11(12)13(16)15-10-6-8-14-9-7-10;/h2-5,10,14H,6-9H2,1H3,(H,15,16);1H. The van der Waals surface area contributed by atoms with E-state index in [1.54, 1.807) is 19.2 Å². The molecule has 94 valence electrons. The Morgan fingerprint density at radius 1 is 1.41 bits per heavy atom. The number of methoxy groups -OCH3 is 1. The molecule has 0 atom stereocenters. The van der Waals surface area contributed by atoms with Gasteiger partial charge in [0.15, 0.2) is 0 Å². The van der Waals surface area contributed by atoms with Gasteiger partial charge in [-0.15, -0.1) is 0 Å². The van der Waals surface area contributed by atoms with E-state index in [2.05, 4.69) is 10.6 Å². The second kappa shape index (κ2) is 5.68. The maximum atomic E-state index is 12.1. The number of ether oxygens (including phenoxy) is 1. The Kier molecular flexibility index (Phi) is 3.98. The van der Waals surface area contributed by atoms with E-state index in [1.807, 2.05) is 12.1 Å². The van der Waals surface area contributed by atoms with Crippen LogP contribution in [0, 0.1) is 0 Å². The predicted octanol–water partition coefficient (Wildman–Crippen LogP) is 1.42. The highest BCUT2D eigenvalue weighted by atomic mass is 16.5. The number of carbonyl (C=O) groups excluding carboxylic acids is 1. The summed E-state index contributed by atoms with van der Waals surface area (Å²) in [6.45, 7) is 1.94. The zero-order valence-corrected chi connectivity index (χ0v) is 10.0. The van der Waals surface area contributed by atoms with Crippen LogP contribution in [0.1, 0.15) is 24.6 Å². The fourth-order valence-corrected chi connectivity index (χ4v) is 2.06. The third-order valence-corrected chi connectivity index (χ3v) is 3.03. The Hall–Kier alpha value is -1.55. The number of rotatable bonds is 3. The van der Waals surface area contributed by atoms with Crippen molar-refractivity contribution in [3.8, 4) is 5.75 Å². The molecule has 4 heteroatoms. The van der Waals surface area contributed by atoms with Gasteiger partial charge in [-0.3, -0.25) is 4.79 Å². The van der Waals surface area contributed by atoms with Crippen molar-refractivity contribution in [2.24, 2.45) is 0 Å². The monoisotopic (exact) mass is 236 g/mol. The number of benzene rings is 1. The highest BCUT2D eigenvalue weighted by Crippen LogP contribution is 2.17. The van der Waals surface area contributed by atoms with Crippen molar-refractivity contribution >= 4 is 5.91 Å². The highest BCUT2D eigenvalue weighted by Gasteiger charge is 2.18. The van der Waals surface area contributed by atoms with Gasteiger partial charge >= 0.3 is 0 Å². The second-order valence-electron chi connectivity index (χ2n) is 4.20. The number of amides is 1. The molecule has 1 aliphatic heterocycles. The van der Waals surface area contributed by atoms with Gasteiger partial charge in [-0.2, -0.15) is 0 Å². The Balaban J connectivity index is 0.00000162. The van der Waals surface area contributed by atoms with E-state index in [1.165, 1.54) is 0 Å². The van der Waals surface area contributed by atoms with Crippen molar-refractivity contribution in [2.45, 2.75) is 18.9 Å². The largest absolute Gasteiger partial charge is 0.496 e. The second-order valence-corrected chi connectivity index (χ2v) is 4.20. The van der Waals surface area contributed by atoms with E-state index in [0.717, 1.165) is 25.9 Å². The summed E-state index contributed by atoms with van der Waals surface area (Å²) in [7, 11) is 1.58. The molecular formula is C13H20N2O2. The lowest BCUT2D eigenvalue weighted by molar-refractivity contribution is 0.0926. The summed E-state index contributed by atoms with van der Waals surface area (Å²) < 4.78 is 5.18. The van der Waals surface area contributed by atoms with Gasteiger partial charge in [0.1, 0.15) is 5.75 Å². The Bertz CT molecular complexity index is 392. The first-order valence-corrected chi connectivity index (χ1v) is 5.96. The van der Waals surface area contributed by atoms with Crippen LogP contribution in [0.4, 0.5) is 0 Å². The normalized spacial score (nSPS) is 16.5. The van der Waals surface area contributed by atoms with E-state index in [0.29, 0.717) is 11.3 Å². The summed E-state index contributed by atoms with van der Waals surface area (Å²) >= 11 is 0. The van der Waals surface area contributed by atoms with Gasteiger partial charge in [-0.05, 0) is 38.1 Å². The first-order valence-electron chi connectivity index (χ1n) is 5.96. The lowest BCUT2D eigenvalue weighted by atomic mass is 10.1. The molecule has 1 fully saturated rings. The Labute approximate surface area is 103 Å². The molecule has 1 aliphatic rings. The van der Waals surface area contributed by atoms with Gasteiger partial charge in [-0.25, -0.2) is 0 Å². The molecule has 0 radical (unpaired) electrons. The van der Waals surface area contributed by atoms with E-state index >= 15 is 0 Å². The lowest BCUT2D eigenvalue weighted by Crippen LogP contribution is -2.42. The number of hydrogen-bond acceptors (Lipinski definition) is 3. The van der Waals surface area contributed by atoms with Crippen LogP contribution in [0.5, 0.6) is 5.75 Å². The molecule has 4 nitrogen and oxygen atoms in total. The summed E-state index contributed by atoms with van der Waals surface area (Å²) in [6, 6.07) is 7.57. The van der Waals surface area contributed by atoms with Gasteiger partial charge in [0.05, 0.1) is 12.7 Å². The molecule has 2 rings (SSSR count). The molecule has 0 saturated carbocycles. The van der Waals surface area contributed by atoms with E-state index < -0.39 is 0 Å². The molecule has 0 spiro atoms. The summed E-state index contributed by atoms with van der Waals surface area (Å²) in [5.41, 5.74) is 0.605. The van der Waals surface area contributed by atoms with Gasteiger partial charge in [0.25, 0.3) is 5.91 Å². The number of carbonyl (C=O) groups is 1. The molecule has 0 unspecified atom stereocenters. The van der Waals surface area contributed by atoms with Crippen LogP contribution in [-0.4, -0.2) is 32.1 Å². The molecule has 1 saturated heterocycles. The van der Waals surface area contributed by atoms with Crippen LogP contribution >= 0.6 is 0 Å². The number of piperidine rings is 1. The first kappa shape index (κ1) is 11.9. The van der Waals surface area contributed by atoms with Crippen LogP contribution in [0.15, 0.2) is 24.3 Å². The lowest BCUT2D eigenvalue weighted by Gasteiger charge is -2.24. The van der Waals surface area contributed by atoms with Gasteiger partial charge < -0.3 is 15.4 Å². The Morgan fingerprint density at radius 2 is 2.12 bits per heavy atom. The maximum absolute atomic E-state index is 12.1. The van der Waals surface area contributed by atoms with Crippen molar-refractivity contribution in [3.63, 3.8) is 0 Å². The number of hydrogen-bond donors (Lipinski definition) is 2. The third-order valence-electron chi connectivity index (χ3n) is 3.03. The van der Waals surface area contributed by atoms with Crippen molar-refractivity contribution in [1.29, 1.82) is 0 Å². The molecule has 1 heterocycles. The van der Waals surface area contributed by atoms with Crippen molar-refractivity contribution in [3.05, 3.63) is 29.8 Å². The Morgan fingerprint density at radius 3 is 2.82 bits per heavy atom. The summed E-state index contributed by atoms with van der Waals surface area (Å²) in [5, 5.41) is 6.33. The molecule has 1 aromatic carbocycles. The van der Waals surface area contributed by atoms with Crippen molar-refractivity contribution in [1.82, 2.24) is 10.6 Å². The molecular weight excluding hydrogens is 216 g/mol. The van der Waals surface area contributed by atoms with E-state index in [-0.39, 0.29) is 13.4 Å². The van der Waals surface area contributed by atoms with Gasteiger partial charge in [0, 0.05) is 7.47 Å². The number of nitrogens with one attached hydrogen (secondary N) is 2. The van der Waals surface area contributed by atoms with E-state index in [9.17, 15) is 4.79 Å². The first-order chi connectivity index (χ1) is 8.31. The van der Waals surface area contributed by atoms with Crippen molar-refractivity contribution in [2.75, 3.05) is 20.2 Å². The smallest absolute Gasteiger partial charge is 0.255 e. The van der Waals surface area contributed by atoms with Gasteiger partial charge in [-0.1, -0.05) is 12.1 Å². The highest BCUT2D eigenvalue weighted by molar-refractivity contribution is 5.97. The molecule has 0 aliphatic carbocycles. The van der Waals surface area contributed by atoms with Crippen molar-refractivity contribution < 1.29 is 11.0 Å². The molecule has 0 bridgehead atoms. The quantitative estimate of drug-likeness (QED) is 0.834. The SMILES string of the molecule is COc1ccccc1C(=O)NC1CCNCC1.[HH]. The molecule has 2 N–H and O–H groups in total. The summed E-state index contributed by atoms with van der Waals surface area (Å²) in [5.74, 6) is 0.577. The zero-order chi connectivity index (χ0) is 12.1. The predicted molar refractivity (Wildman–Crippen MR) is 68.5 cm³/mol.